The number of nitrogens with zero attached hydrogens (tertiary/aromatic N) is 2. The second-order valence-corrected chi connectivity index (χ2v) is 8.97. The van der Waals surface area contributed by atoms with Crippen molar-refractivity contribution < 1.29 is 18.8 Å². The average Bonchev–Trinajstić information content (AvgIpc) is 2.96. The van der Waals surface area contributed by atoms with Crippen LogP contribution in [0.4, 0.5) is 4.79 Å². The number of carbonyl (C=O) groups excluding carboxylic acids is 1. The molecule has 0 saturated carbocycles. The van der Waals surface area contributed by atoms with Gasteiger partial charge in [-0.05, 0) is 66.1 Å². The second kappa shape index (κ2) is 5.97. The summed E-state index contributed by atoms with van der Waals surface area (Å²) in [5, 5.41) is 5.28. The summed E-state index contributed by atoms with van der Waals surface area (Å²) in [6.07, 6.45) is 0.991. The van der Waals surface area contributed by atoms with Gasteiger partial charge in [0.05, 0.1) is 27.9 Å². The summed E-state index contributed by atoms with van der Waals surface area (Å²) in [7, 11) is -0.580. The molecule has 1 aromatic heterocycles. The number of halogens is 1. The van der Waals surface area contributed by atoms with Crippen LogP contribution < -0.4 is 5.46 Å². The molecule has 3 rings (SSSR count). The highest BCUT2D eigenvalue weighted by Crippen LogP contribution is 2.37. The van der Waals surface area contributed by atoms with Crippen LogP contribution in [0.2, 0.25) is 5.02 Å². The van der Waals surface area contributed by atoms with E-state index in [4.69, 9.17) is 25.6 Å². The molecule has 140 valence electrons. The SMILES string of the molecule is CC(C)(C)OC(=O)n1ncc2c(Cl)cc(B3OC(C)(C)C(C)(C)O3)cc21. The Balaban J connectivity index is 2.02. The third kappa shape index (κ3) is 3.35. The molecule has 2 aromatic rings. The van der Waals surface area contributed by atoms with E-state index < -0.39 is 30.0 Å². The lowest BCUT2D eigenvalue weighted by molar-refractivity contribution is 0.00578. The van der Waals surface area contributed by atoms with Crippen molar-refractivity contribution in [1.29, 1.82) is 0 Å². The zero-order valence-corrected chi connectivity index (χ0v) is 17.0. The highest BCUT2D eigenvalue weighted by atomic mass is 35.5. The Hall–Kier alpha value is -1.57. The molecule has 6 nitrogen and oxygen atoms in total. The molecule has 8 heteroatoms. The molecule has 1 aliphatic heterocycles. The first-order valence-electron chi connectivity index (χ1n) is 8.57. The monoisotopic (exact) mass is 378 g/mol. The molecule has 2 heterocycles. The first-order chi connectivity index (χ1) is 11.8. The molecule has 1 saturated heterocycles. The summed E-state index contributed by atoms with van der Waals surface area (Å²) in [4.78, 5) is 12.5. The Bertz CT molecular complexity index is 854. The number of benzene rings is 1. The Morgan fingerprint density at radius 1 is 1.19 bits per heavy atom. The van der Waals surface area contributed by atoms with Crippen LogP contribution >= 0.6 is 11.6 Å². The third-order valence-electron chi connectivity index (χ3n) is 4.75. The fourth-order valence-electron chi connectivity index (χ4n) is 2.67. The zero-order valence-electron chi connectivity index (χ0n) is 16.2. The Morgan fingerprint density at radius 3 is 2.31 bits per heavy atom. The Labute approximate surface area is 158 Å². The molecule has 1 aliphatic rings. The Morgan fingerprint density at radius 2 is 1.77 bits per heavy atom. The fraction of sp³-hybridized carbons (Fsp3) is 0.556. The fourth-order valence-corrected chi connectivity index (χ4v) is 2.94. The van der Waals surface area contributed by atoms with Crippen LogP contribution in [-0.2, 0) is 14.0 Å². The summed E-state index contributed by atoms with van der Waals surface area (Å²) < 4.78 is 18.8. The molecule has 0 aliphatic carbocycles. The minimum atomic E-state index is -0.623. The molecular formula is C18H24BClN2O4. The quantitative estimate of drug-likeness (QED) is 0.707. The molecule has 1 fully saturated rings. The van der Waals surface area contributed by atoms with Gasteiger partial charge >= 0.3 is 13.2 Å². The van der Waals surface area contributed by atoms with Gasteiger partial charge in [-0.2, -0.15) is 9.78 Å². The van der Waals surface area contributed by atoms with Gasteiger partial charge in [0, 0.05) is 5.39 Å². The van der Waals surface area contributed by atoms with Crippen LogP contribution in [0.25, 0.3) is 10.9 Å². The number of ether oxygens (including phenoxy) is 1. The van der Waals surface area contributed by atoms with E-state index in [9.17, 15) is 4.79 Å². The van der Waals surface area contributed by atoms with Gasteiger partial charge in [0.2, 0.25) is 0 Å². The predicted molar refractivity (Wildman–Crippen MR) is 102 cm³/mol. The number of rotatable bonds is 1. The summed E-state index contributed by atoms with van der Waals surface area (Å²) in [6, 6.07) is 3.59. The van der Waals surface area contributed by atoms with E-state index in [1.807, 2.05) is 27.7 Å². The van der Waals surface area contributed by atoms with Crippen molar-refractivity contribution >= 4 is 41.2 Å². The minimum absolute atomic E-state index is 0.468. The van der Waals surface area contributed by atoms with Crippen molar-refractivity contribution in [2.45, 2.75) is 65.3 Å². The van der Waals surface area contributed by atoms with Gasteiger partial charge in [-0.15, -0.1) is 0 Å². The maximum absolute atomic E-state index is 12.5. The highest BCUT2D eigenvalue weighted by Gasteiger charge is 2.51. The smallest absolute Gasteiger partial charge is 0.442 e. The zero-order chi connectivity index (χ0) is 19.5. The topological polar surface area (TPSA) is 62.6 Å². The molecule has 0 unspecified atom stereocenters. The molecular weight excluding hydrogens is 354 g/mol. The van der Waals surface area contributed by atoms with Gasteiger partial charge in [-0.1, -0.05) is 11.6 Å². The Kier molecular flexibility index (Phi) is 4.41. The lowest BCUT2D eigenvalue weighted by Crippen LogP contribution is -2.41. The van der Waals surface area contributed by atoms with Crippen LogP contribution in [0.5, 0.6) is 0 Å². The van der Waals surface area contributed by atoms with Crippen molar-refractivity contribution in [2.75, 3.05) is 0 Å². The number of hydrogen-bond donors (Lipinski definition) is 0. The summed E-state index contributed by atoms with van der Waals surface area (Å²) in [5.74, 6) is 0. The molecule has 0 bridgehead atoms. The number of hydrogen-bond acceptors (Lipinski definition) is 5. The van der Waals surface area contributed by atoms with Crippen molar-refractivity contribution in [1.82, 2.24) is 9.78 Å². The highest BCUT2D eigenvalue weighted by molar-refractivity contribution is 6.63. The number of carbonyl (C=O) groups is 1. The van der Waals surface area contributed by atoms with Crippen LogP contribution in [0.3, 0.4) is 0 Å². The largest absolute Gasteiger partial charge is 0.494 e. The van der Waals surface area contributed by atoms with Crippen molar-refractivity contribution in [3.05, 3.63) is 23.4 Å². The van der Waals surface area contributed by atoms with Gasteiger partial charge in [0.25, 0.3) is 0 Å². The molecule has 0 amide bonds. The summed E-state index contributed by atoms with van der Waals surface area (Å²) >= 11 is 6.42. The first-order valence-corrected chi connectivity index (χ1v) is 8.95. The lowest BCUT2D eigenvalue weighted by Gasteiger charge is -2.32. The van der Waals surface area contributed by atoms with E-state index in [0.717, 1.165) is 5.46 Å². The number of aromatic nitrogens is 2. The second-order valence-electron chi connectivity index (χ2n) is 8.56. The van der Waals surface area contributed by atoms with E-state index in [2.05, 4.69) is 5.10 Å². The van der Waals surface area contributed by atoms with Gasteiger partial charge in [0.15, 0.2) is 0 Å². The van der Waals surface area contributed by atoms with E-state index in [0.29, 0.717) is 15.9 Å². The molecule has 0 radical (unpaired) electrons. The summed E-state index contributed by atoms with van der Waals surface area (Å²) in [5.41, 5.74) is -0.278. The normalized spacial score (nSPS) is 19.2. The van der Waals surface area contributed by atoms with Crippen molar-refractivity contribution in [3.8, 4) is 0 Å². The molecule has 1 aromatic carbocycles. The van der Waals surface area contributed by atoms with Gasteiger partial charge in [-0.25, -0.2) is 4.79 Å². The van der Waals surface area contributed by atoms with Gasteiger partial charge in [-0.3, -0.25) is 0 Å². The maximum atomic E-state index is 12.5. The number of fused-ring (bicyclic) bond motifs is 1. The van der Waals surface area contributed by atoms with E-state index in [1.54, 1.807) is 39.1 Å². The van der Waals surface area contributed by atoms with Crippen LogP contribution in [-0.4, -0.2) is 39.8 Å². The molecule has 0 spiro atoms. The van der Waals surface area contributed by atoms with E-state index >= 15 is 0 Å². The van der Waals surface area contributed by atoms with Gasteiger partial charge < -0.3 is 14.0 Å². The van der Waals surface area contributed by atoms with E-state index in [1.165, 1.54) is 4.68 Å². The minimum Gasteiger partial charge on any atom is -0.442 e. The average molecular weight is 379 g/mol. The molecule has 0 N–H and O–H groups in total. The third-order valence-corrected chi connectivity index (χ3v) is 5.07. The maximum Gasteiger partial charge on any atom is 0.494 e. The summed E-state index contributed by atoms with van der Waals surface area (Å²) in [6.45, 7) is 13.4. The van der Waals surface area contributed by atoms with Gasteiger partial charge in [0.1, 0.15) is 5.60 Å². The van der Waals surface area contributed by atoms with Crippen LogP contribution in [0.15, 0.2) is 18.3 Å². The van der Waals surface area contributed by atoms with Crippen LogP contribution in [0, 0.1) is 0 Å². The molecule has 26 heavy (non-hydrogen) atoms. The van der Waals surface area contributed by atoms with Crippen molar-refractivity contribution in [2.24, 2.45) is 0 Å². The van der Waals surface area contributed by atoms with Crippen LogP contribution in [0.1, 0.15) is 48.5 Å². The predicted octanol–water partition coefficient (Wildman–Crippen LogP) is 3.77. The standard InChI is InChI=1S/C18H24BClN2O4/c1-16(2,3)24-15(23)22-14-9-11(8-13(20)12(14)10-21-22)19-25-17(4,5)18(6,7)26-19/h8-10H,1-7H3. The lowest BCUT2D eigenvalue weighted by atomic mass is 9.79. The first kappa shape index (κ1) is 19.2. The van der Waals surface area contributed by atoms with Crippen molar-refractivity contribution in [3.63, 3.8) is 0 Å². The molecule has 0 atom stereocenters. The van der Waals surface area contributed by atoms with E-state index in [-0.39, 0.29) is 0 Å².